The summed E-state index contributed by atoms with van der Waals surface area (Å²) in [5, 5.41) is 0. The second-order valence-electron chi connectivity index (χ2n) is 5.50. The van der Waals surface area contributed by atoms with Crippen molar-refractivity contribution in [2.24, 2.45) is 11.8 Å². The van der Waals surface area contributed by atoms with Gasteiger partial charge in [-0.15, -0.1) is 0 Å². The quantitative estimate of drug-likeness (QED) is 0.780. The number of ether oxygens (including phenoxy) is 2. The Balaban J connectivity index is 1.50. The molecule has 2 bridgehead atoms. The molecule has 2 fully saturated rings. The van der Waals surface area contributed by atoms with E-state index in [1.807, 2.05) is 18.2 Å². The molecular weight excluding hydrogens is 240 g/mol. The average molecular weight is 259 g/mol. The molecule has 0 aliphatic heterocycles. The van der Waals surface area contributed by atoms with E-state index >= 15 is 0 Å². The van der Waals surface area contributed by atoms with Crippen molar-refractivity contribution in [2.45, 2.75) is 38.6 Å². The first-order valence-electron chi connectivity index (χ1n) is 6.90. The Kier molecular flexibility index (Phi) is 3.56. The van der Waals surface area contributed by atoms with Crippen molar-refractivity contribution in [3.05, 3.63) is 42.3 Å². The van der Waals surface area contributed by atoms with Crippen LogP contribution in [0.15, 0.2) is 30.3 Å². The molecule has 2 aliphatic carbocycles. The Morgan fingerprint density at radius 1 is 1.26 bits per heavy atom. The molecule has 0 unspecified atom stereocenters. The Bertz CT molecular complexity index is 443. The van der Waals surface area contributed by atoms with Gasteiger partial charge in [0, 0.05) is 13.3 Å². The zero-order valence-electron chi connectivity index (χ0n) is 11.1. The fourth-order valence-electron chi connectivity index (χ4n) is 3.24. The molecule has 0 saturated heterocycles. The topological polar surface area (TPSA) is 35.5 Å². The smallest absolute Gasteiger partial charge is 0.302 e. The van der Waals surface area contributed by atoms with Crippen molar-refractivity contribution in [1.29, 1.82) is 0 Å². The normalized spacial score (nSPS) is 32.5. The number of hydrogen-bond donors (Lipinski definition) is 0. The SMILES string of the molecule is CC(=O)O[C@@H]1[CH][C@@H]2C[C@H]1C[C@H]2OCc1ccccc1. The van der Waals surface area contributed by atoms with Crippen LogP contribution in [0.25, 0.3) is 0 Å². The number of esters is 1. The van der Waals surface area contributed by atoms with E-state index in [9.17, 15) is 4.79 Å². The lowest BCUT2D eigenvalue weighted by Gasteiger charge is -2.27. The van der Waals surface area contributed by atoms with E-state index < -0.39 is 0 Å². The molecule has 0 N–H and O–H groups in total. The van der Waals surface area contributed by atoms with Crippen molar-refractivity contribution in [1.82, 2.24) is 0 Å². The maximum Gasteiger partial charge on any atom is 0.302 e. The summed E-state index contributed by atoms with van der Waals surface area (Å²) in [4.78, 5) is 11.0. The lowest BCUT2D eigenvalue weighted by molar-refractivity contribution is -0.147. The Morgan fingerprint density at radius 2 is 2.05 bits per heavy atom. The lowest BCUT2D eigenvalue weighted by Crippen LogP contribution is -2.31. The third-order valence-electron chi connectivity index (χ3n) is 4.10. The molecule has 0 spiro atoms. The predicted octanol–water partition coefficient (Wildman–Crippen LogP) is 2.75. The van der Waals surface area contributed by atoms with Gasteiger partial charge in [0.2, 0.25) is 0 Å². The second-order valence-corrected chi connectivity index (χ2v) is 5.50. The van der Waals surface area contributed by atoms with Crippen LogP contribution in [0.5, 0.6) is 0 Å². The lowest BCUT2D eigenvalue weighted by atomic mass is 9.95. The zero-order valence-corrected chi connectivity index (χ0v) is 11.1. The molecule has 3 rings (SSSR count). The Morgan fingerprint density at radius 3 is 2.68 bits per heavy atom. The summed E-state index contributed by atoms with van der Waals surface area (Å²) in [7, 11) is 0. The largest absolute Gasteiger partial charge is 0.462 e. The molecule has 2 saturated carbocycles. The second kappa shape index (κ2) is 5.33. The minimum Gasteiger partial charge on any atom is -0.462 e. The minimum absolute atomic E-state index is 0.0130. The van der Waals surface area contributed by atoms with E-state index in [1.54, 1.807) is 0 Å². The summed E-state index contributed by atoms with van der Waals surface area (Å²) in [6.07, 6.45) is 4.56. The number of carbonyl (C=O) groups is 1. The van der Waals surface area contributed by atoms with Gasteiger partial charge in [-0.3, -0.25) is 4.79 Å². The van der Waals surface area contributed by atoms with Crippen molar-refractivity contribution in [3.63, 3.8) is 0 Å². The van der Waals surface area contributed by atoms with E-state index in [4.69, 9.17) is 9.47 Å². The van der Waals surface area contributed by atoms with Gasteiger partial charge in [-0.05, 0) is 30.2 Å². The van der Waals surface area contributed by atoms with Crippen LogP contribution in [-0.4, -0.2) is 18.2 Å². The van der Waals surface area contributed by atoms with Crippen LogP contribution >= 0.6 is 0 Å². The molecule has 1 aromatic carbocycles. The van der Waals surface area contributed by atoms with Gasteiger partial charge in [-0.25, -0.2) is 0 Å². The van der Waals surface area contributed by atoms with Gasteiger partial charge in [0.25, 0.3) is 0 Å². The fraction of sp³-hybridized carbons (Fsp3) is 0.500. The van der Waals surface area contributed by atoms with E-state index in [1.165, 1.54) is 12.5 Å². The third-order valence-corrected chi connectivity index (χ3v) is 4.10. The predicted molar refractivity (Wildman–Crippen MR) is 71.1 cm³/mol. The van der Waals surface area contributed by atoms with Crippen LogP contribution in [-0.2, 0) is 20.9 Å². The molecule has 1 radical (unpaired) electrons. The summed E-state index contributed by atoms with van der Waals surface area (Å²) in [6, 6.07) is 10.2. The number of fused-ring (bicyclic) bond motifs is 2. The van der Waals surface area contributed by atoms with Gasteiger partial charge in [0.1, 0.15) is 6.10 Å². The highest BCUT2D eigenvalue weighted by Gasteiger charge is 2.48. The van der Waals surface area contributed by atoms with E-state index in [0.717, 1.165) is 12.8 Å². The highest BCUT2D eigenvalue weighted by atomic mass is 16.5. The van der Waals surface area contributed by atoms with E-state index in [-0.39, 0.29) is 18.2 Å². The van der Waals surface area contributed by atoms with Gasteiger partial charge in [-0.1, -0.05) is 30.3 Å². The van der Waals surface area contributed by atoms with E-state index in [0.29, 0.717) is 18.4 Å². The molecule has 2 aliphatic rings. The van der Waals surface area contributed by atoms with Gasteiger partial charge >= 0.3 is 5.97 Å². The summed E-state index contributed by atoms with van der Waals surface area (Å²) >= 11 is 0. The van der Waals surface area contributed by atoms with Crippen LogP contribution in [0.1, 0.15) is 25.3 Å². The molecule has 3 nitrogen and oxygen atoms in total. The molecule has 19 heavy (non-hydrogen) atoms. The molecule has 1 aromatic rings. The Labute approximate surface area is 113 Å². The number of carbonyl (C=O) groups excluding carboxylic acids is 1. The maximum absolute atomic E-state index is 11.0. The summed E-state index contributed by atoms with van der Waals surface area (Å²) in [5.41, 5.74) is 1.21. The van der Waals surface area contributed by atoms with Gasteiger partial charge in [0.05, 0.1) is 12.7 Å². The first kappa shape index (κ1) is 12.7. The molecule has 0 aromatic heterocycles. The number of benzene rings is 1. The number of hydrogen-bond acceptors (Lipinski definition) is 3. The van der Waals surface area contributed by atoms with Gasteiger partial charge in [-0.2, -0.15) is 0 Å². The molecule has 4 atom stereocenters. The van der Waals surface area contributed by atoms with Gasteiger partial charge < -0.3 is 9.47 Å². The standard InChI is InChI=1S/C16H19O3/c1-11(17)19-16-9-13-7-14(16)8-15(13)18-10-12-5-3-2-4-6-12/h2-6,9,13-16H,7-8,10H2,1H3/t13-,14-,15+,16+/m0/s1. The van der Waals surface area contributed by atoms with Crippen LogP contribution in [0.2, 0.25) is 0 Å². The van der Waals surface area contributed by atoms with Crippen molar-refractivity contribution in [2.75, 3.05) is 0 Å². The van der Waals surface area contributed by atoms with Crippen molar-refractivity contribution < 1.29 is 14.3 Å². The first-order chi connectivity index (χ1) is 9.22. The van der Waals surface area contributed by atoms with Crippen LogP contribution in [0.4, 0.5) is 0 Å². The van der Waals surface area contributed by atoms with Crippen LogP contribution in [0.3, 0.4) is 0 Å². The molecule has 0 amide bonds. The average Bonchev–Trinajstić information content (AvgIpc) is 2.96. The third kappa shape index (κ3) is 2.81. The van der Waals surface area contributed by atoms with Crippen molar-refractivity contribution in [3.8, 4) is 0 Å². The van der Waals surface area contributed by atoms with Crippen molar-refractivity contribution >= 4 is 5.97 Å². The molecule has 0 heterocycles. The Hall–Kier alpha value is -1.35. The zero-order chi connectivity index (χ0) is 13.2. The fourth-order valence-corrected chi connectivity index (χ4v) is 3.24. The summed E-state index contributed by atoms with van der Waals surface area (Å²) in [5.74, 6) is 0.711. The van der Waals surface area contributed by atoms with E-state index in [2.05, 4.69) is 18.6 Å². The summed E-state index contributed by atoms with van der Waals surface area (Å²) < 4.78 is 11.3. The summed E-state index contributed by atoms with van der Waals surface area (Å²) in [6.45, 7) is 2.14. The number of rotatable bonds is 4. The van der Waals surface area contributed by atoms with Gasteiger partial charge in [0.15, 0.2) is 0 Å². The van der Waals surface area contributed by atoms with Crippen LogP contribution in [0, 0.1) is 18.3 Å². The first-order valence-corrected chi connectivity index (χ1v) is 6.90. The highest BCUT2D eigenvalue weighted by Crippen LogP contribution is 2.47. The highest BCUT2D eigenvalue weighted by molar-refractivity contribution is 5.66. The monoisotopic (exact) mass is 259 g/mol. The minimum atomic E-state index is -0.185. The molecular formula is C16H19O3. The molecule has 3 heteroatoms. The maximum atomic E-state index is 11.0. The molecule has 101 valence electrons. The van der Waals surface area contributed by atoms with Crippen LogP contribution < -0.4 is 0 Å².